The molecule has 12 heteroatoms. The number of hydrogen-bond acceptors (Lipinski definition) is 5. The van der Waals surface area contributed by atoms with E-state index in [1.807, 2.05) is 13.0 Å². The number of hydrogen-bond donors (Lipinski definition) is 2. The van der Waals surface area contributed by atoms with E-state index in [0.717, 1.165) is 37.1 Å². The first-order valence-corrected chi connectivity index (χ1v) is 13.7. The Labute approximate surface area is 229 Å². The average molecular weight is 561 g/mol. The van der Waals surface area contributed by atoms with Crippen molar-refractivity contribution in [2.24, 2.45) is 11.8 Å². The molecule has 0 spiro atoms. The minimum absolute atomic E-state index is 0.0226. The van der Waals surface area contributed by atoms with Gasteiger partial charge in [0.1, 0.15) is 0 Å². The highest BCUT2D eigenvalue weighted by atomic mass is 19.3. The number of aromatic nitrogens is 4. The molecule has 0 bridgehead atoms. The molecule has 3 aromatic rings. The zero-order chi connectivity index (χ0) is 28.4. The van der Waals surface area contributed by atoms with Crippen LogP contribution in [0.5, 0.6) is 0 Å². The van der Waals surface area contributed by atoms with E-state index in [9.17, 15) is 27.2 Å². The van der Waals surface area contributed by atoms with Crippen LogP contribution in [-0.2, 0) is 4.79 Å². The number of carbonyl (C=O) groups is 2. The lowest BCUT2D eigenvalue weighted by molar-refractivity contribution is -0.122. The zero-order valence-corrected chi connectivity index (χ0v) is 22.1. The Hall–Kier alpha value is -3.57. The molecule has 0 aromatic carbocycles. The van der Waals surface area contributed by atoms with Gasteiger partial charge >= 0.3 is 0 Å². The number of imidazole rings is 1. The van der Waals surface area contributed by atoms with E-state index >= 15 is 0 Å². The number of alkyl halides is 4. The van der Waals surface area contributed by atoms with Crippen molar-refractivity contribution in [1.29, 1.82) is 0 Å². The van der Waals surface area contributed by atoms with Crippen LogP contribution in [0.1, 0.15) is 104 Å². The van der Waals surface area contributed by atoms with Crippen molar-refractivity contribution in [2.75, 3.05) is 0 Å². The van der Waals surface area contributed by atoms with Gasteiger partial charge in [0.2, 0.25) is 11.8 Å². The molecular weight excluding hydrogens is 528 g/mol. The first kappa shape index (κ1) is 28.0. The molecule has 2 saturated carbocycles. The molecule has 5 rings (SSSR count). The Morgan fingerprint density at radius 2 is 1.73 bits per heavy atom. The van der Waals surface area contributed by atoms with Gasteiger partial charge in [0.25, 0.3) is 12.3 Å². The second-order valence-corrected chi connectivity index (χ2v) is 10.8. The molecule has 2 N–H and O–H groups in total. The van der Waals surface area contributed by atoms with Crippen LogP contribution in [0.3, 0.4) is 0 Å². The summed E-state index contributed by atoms with van der Waals surface area (Å²) in [6.07, 6.45) is 5.59. The highest BCUT2D eigenvalue weighted by molar-refractivity contribution is 5.94. The predicted molar refractivity (Wildman–Crippen MR) is 138 cm³/mol. The third-order valence-electron chi connectivity index (χ3n) is 7.72. The summed E-state index contributed by atoms with van der Waals surface area (Å²) in [5, 5.41) is 10.4. The minimum atomic E-state index is -2.79. The van der Waals surface area contributed by atoms with Crippen molar-refractivity contribution in [3.05, 3.63) is 59.3 Å². The maximum Gasteiger partial charge on any atom is 0.265 e. The third kappa shape index (κ3) is 6.42. The van der Waals surface area contributed by atoms with Crippen LogP contribution < -0.4 is 10.6 Å². The number of nitrogens with zero attached hydrogens (tertiary/aromatic N) is 4. The standard InChI is InChI=1S/C28H32F4N6O2/c1-2-3-23(39)36-24(16-4-5-16)18-11-22-35-21(15-38(22)34-14-18)25(17-6-8-28(31,32)9-7-17)37-27(40)20-10-19(26(29)30)12-33-13-20/h10-17,24-26H,2-9H2,1H3,(H,36,39)(H,37,40)/t24-,25+/m1/s1. The summed E-state index contributed by atoms with van der Waals surface area (Å²) in [5.41, 5.74) is 1.31. The molecule has 0 aliphatic heterocycles. The van der Waals surface area contributed by atoms with Gasteiger partial charge in [-0.2, -0.15) is 5.10 Å². The fourth-order valence-corrected chi connectivity index (χ4v) is 5.36. The minimum Gasteiger partial charge on any atom is -0.349 e. The summed E-state index contributed by atoms with van der Waals surface area (Å²) in [7, 11) is 0. The lowest BCUT2D eigenvalue weighted by Gasteiger charge is -2.33. The summed E-state index contributed by atoms with van der Waals surface area (Å²) in [5.74, 6) is -3.45. The monoisotopic (exact) mass is 560 g/mol. The first-order chi connectivity index (χ1) is 19.1. The van der Waals surface area contributed by atoms with Crippen molar-refractivity contribution in [3.63, 3.8) is 0 Å². The first-order valence-electron chi connectivity index (χ1n) is 13.7. The largest absolute Gasteiger partial charge is 0.349 e. The van der Waals surface area contributed by atoms with Crippen molar-refractivity contribution in [3.8, 4) is 0 Å². The second kappa shape index (κ2) is 11.5. The van der Waals surface area contributed by atoms with Gasteiger partial charge in [0.15, 0.2) is 5.65 Å². The highest BCUT2D eigenvalue weighted by Crippen LogP contribution is 2.43. The maximum atomic E-state index is 14.0. The number of carbonyl (C=O) groups excluding carboxylic acids is 2. The van der Waals surface area contributed by atoms with Crippen molar-refractivity contribution < 1.29 is 27.2 Å². The Balaban J connectivity index is 1.43. The normalized spacial score (nSPS) is 18.9. The van der Waals surface area contributed by atoms with E-state index in [1.165, 1.54) is 6.20 Å². The molecule has 3 aromatic heterocycles. The van der Waals surface area contributed by atoms with Crippen molar-refractivity contribution >= 4 is 17.5 Å². The molecule has 2 amide bonds. The number of fused-ring (bicyclic) bond motifs is 1. The van der Waals surface area contributed by atoms with Gasteiger partial charge in [-0.1, -0.05) is 6.92 Å². The van der Waals surface area contributed by atoms with Crippen LogP contribution in [0.4, 0.5) is 17.6 Å². The maximum absolute atomic E-state index is 14.0. The smallest absolute Gasteiger partial charge is 0.265 e. The van der Waals surface area contributed by atoms with Crippen LogP contribution in [0.25, 0.3) is 5.65 Å². The van der Waals surface area contributed by atoms with E-state index in [1.54, 1.807) is 16.9 Å². The molecule has 2 aliphatic rings. The van der Waals surface area contributed by atoms with Crippen LogP contribution in [0, 0.1) is 11.8 Å². The average Bonchev–Trinajstić information content (AvgIpc) is 3.68. The summed E-state index contributed by atoms with van der Waals surface area (Å²) in [6.45, 7) is 1.94. The molecule has 3 heterocycles. The summed E-state index contributed by atoms with van der Waals surface area (Å²) in [4.78, 5) is 33.9. The van der Waals surface area contributed by atoms with Crippen LogP contribution in [-0.4, -0.2) is 37.3 Å². The van der Waals surface area contributed by atoms with Gasteiger partial charge in [-0.15, -0.1) is 0 Å². The Kier molecular flexibility index (Phi) is 8.04. The van der Waals surface area contributed by atoms with Crippen LogP contribution in [0.2, 0.25) is 0 Å². The number of halogens is 4. The molecule has 2 atom stereocenters. The Morgan fingerprint density at radius 3 is 2.40 bits per heavy atom. The molecule has 214 valence electrons. The van der Waals surface area contributed by atoms with E-state index < -0.39 is 24.3 Å². The number of rotatable bonds is 10. The van der Waals surface area contributed by atoms with Gasteiger partial charge in [-0.3, -0.25) is 14.6 Å². The van der Waals surface area contributed by atoms with Crippen LogP contribution in [0.15, 0.2) is 36.9 Å². The van der Waals surface area contributed by atoms with E-state index in [4.69, 9.17) is 4.98 Å². The molecule has 2 fully saturated rings. The second-order valence-electron chi connectivity index (χ2n) is 10.8. The molecule has 2 aliphatic carbocycles. The predicted octanol–water partition coefficient (Wildman–Crippen LogP) is 5.73. The molecule has 8 nitrogen and oxygen atoms in total. The van der Waals surface area contributed by atoms with E-state index in [-0.39, 0.29) is 54.7 Å². The van der Waals surface area contributed by atoms with E-state index in [2.05, 4.69) is 20.7 Å². The quantitative estimate of drug-likeness (QED) is 0.309. The molecule has 0 unspecified atom stereocenters. The summed E-state index contributed by atoms with van der Waals surface area (Å²) < 4.78 is 55.8. The SMILES string of the molecule is CCCC(=O)N[C@@H](c1cnn2cc([C@@H](NC(=O)c3cncc(C(F)F)c3)C3CCC(F)(F)CC3)nc2c1)C1CC1. The zero-order valence-electron chi connectivity index (χ0n) is 22.1. The fourth-order valence-electron chi connectivity index (χ4n) is 5.36. The molecular formula is C28H32F4N6O2. The molecule has 0 saturated heterocycles. The lowest BCUT2D eigenvalue weighted by atomic mass is 9.81. The molecule has 40 heavy (non-hydrogen) atoms. The number of nitrogens with one attached hydrogen (secondary N) is 2. The van der Waals surface area contributed by atoms with Gasteiger partial charge < -0.3 is 10.6 Å². The van der Waals surface area contributed by atoms with Gasteiger partial charge in [-0.25, -0.2) is 27.1 Å². The highest BCUT2D eigenvalue weighted by Gasteiger charge is 2.39. The van der Waals surface area contributed by atoms with E-state index in [0.29, 0.717) is 23.7 Å². The number of pyridine rings is 1. The molecule has 0 radical (unpaired) electrons. The van der Waals surface area contributed by atoms with Gasteiger partial charge in [0, 0.05) is 37.2 Å². The third-order valence-corrected chi connectivity index (χ3v) is 7.72. The topological polar surface area (TPSA) is 101 Å². The lowest BCUT2D eigenvalue weighted by Crippen LogP contribution is -2.37. The summed E-state index contributed by atoms with van der Waals surface area (Å²) in [6, 6.07) is 1.99. The van der Waals surface area contributed by atoms with Crippen molar-refractivity contribution in [2.45, 2.75) is 82.7 Å². The fraction of sp³-hybridized carbons (Fsp3) is 0.536. The van der Waals surface area contributed by atoms with Gasteiger partial charge in [-0.05, 0) is 61.6 Å². The van der Waals surface area contributed by atoms with Crippen molar-refractivity contribution in [1.82, 2.24) is 30.2 Å². The Bertz CT molecular complexity index is 1370. The van der Waals surface area contributed by atoms with Gasteiger partial charge in [0.05, 0.1) is 35.7 Å². The summed E-state index contributed by atoms with van der Waals surface area (Å²) >= 11 is 0. The van der Waals surface area contributed by atoms with Crippen LogP contribution >= 0.6 is 0 Å². The Morgan fingerprint density at radius 1 is 1.00 bits per heavy atom. The number of amides is 2.